The maximum atomic E-state index is 6.47. The van der Waals surface area contributed by atoms with Crippen LogP contribution in [0.1, 0.15) is 0 Å². The van der Waals surface area contributed by atoms with Crippen molar-refractivity contribution < 1.29 is 4.42 Å². The van der Waals surface area contributed by atoms with Crippen LogP contribution in [0.15, 0.2) is 180 Å². The molecule has 10 aromatic rings. The number of benzene rings is 7. The first-order valence-corrected chi connectivity index (χ1v) is 16.8. The van der Waals surface area contributed by atoms with Crippen molar-refractivity contribution in [3.8, 4) is 50.7 Å². The predicted octanol–water partition coefficient (Wildman–Crippen LogP) is 12.1. The third-order valence-electron chi connectivity index (χ3n) is 9.62. The van der Waals surface area contributed by atoms with E-state index in [0.717, 1.165) is 72.3 Å². The summed E-state index contributed by atoms with van der Waals surface area (Å²) in [6.45, 7) is 0. The second-order valence-corrected chi connectivity index (χ2v) is 12.6. The van der Waals surface area contributed by atoms with Gasteiger partial charge >= 0.3 is 0 Å². The van der Waals surface area contributed by atoms with Gasteiger partial charge in [-0.15, -0.1) is 0 Å². The number of hydrogen-bond donors (Lipinski definition) is 0. The highest BCUT2D eigenvalue weighted by molar-refractivity contribution is 6.11. The lowest BCUT2D eigenvalue weighted by Crippen LogP contribution is -1.97. The van der Waals surface area contributed by atoms with Crippen LogP contribution in [0.4, 0.5) is 0 Å². The number of fused-ring (bicyclic) bond motifs is 6. The molecule has 4 nitrogen and oxygen atoms in total. The van der Waals surface area contributed by atoms with Crippen molar-refractivity contribution in [3.63, 3.8) is 0 Å². The Morgan fingerprint density at radius 2 is 1.02 bits per heavy atom. The zero-order valence-electron chi connectivity index (χ0n) is 27.0. The lowest BCUT2D eigenvalue weighted by atomic mass is 10.00. The van der Waals surface area contributed by atoms with E-state index in [4.69, 9.17) is 14.4 Å². The van der Waals surface area contributed by atoms with E-state index in [-0.39, 0.29) is 0 Å². The Kier molecular flexibility index (Phi) is 6.46. The molecule has 0 radical (unpaired) electrons. The maximum Gasteiger partial charge on any atom is 0.164 e. The summed E-state index contributed by atoms with van der Waals surface area (Å²) >= 11 is 0. The van der Waals surface area contributed by atoms with Crippen molar-refractivity contribution in [2.45, 2.75) is 0 Å². The normalized spacial score (nSPS) is 11.6. The fourth-order valence-electron chi connectivity index (χ4n) is 7.26. The number of para-hydroxylation sites is 4. The number of nitrogens with zero attached hydrogens (tertiary/aromatic N) is 3. The summed E-state index contributed by atoms with van der Waals surface area (Å²) in [6.07, 6.45) is 0. The van der Waals surface area contributed by atoms with E-state index in [9.17, 15) is 0 Å². The topological polar surface area (TPSA) is 43.9 Å². The number of aromatic nitrogens is 3. The number of furan rings is 1. The largest absolute Gasteiger partial charge is 0.455 e. The number of rotatable bonds is 5. The van der Waals surface area contributed by atoms with Crippen LogP contribution in [0, 0.1) is 0 Å². The van der Waals surface area contributed by atoms with Crippen LogP contribution < -0.4 is 0 Å². The monoisotopic (exact) mass is 639 g/mol. The first-order valence-electron chi connectivity index (χ1n) is 16.8. The first kappa shape index (κ1) is 28.3. The summed E-state index contributed by atoms with van der Waals surface area (Å²) in [4.78, 5) is 10.5. The standard InChI is InChI=1S/C46H29N3O/c1-3-13-30(14-4-1)31-15-11-16-32(27-31)40-29-41(48-46(47-40)38-22-12-21-37-36-20-8-10-24-44(36)50-45(37)38)33-25-26-43-39(28-33)35-19-7-9-23-42(35)49(43)34-17-5-2-6-18-34/h1-29H. The Labute approximate surface area is 288 Å². The highest BCUT2D eigenvalue weighted by Crippen LogP contribution is 2.38. The Morgan fingerprint density at radius 1 is 0.400 bits per heavy atom. The molecular formula is C46H29N3O. The molecule has 0 fully saturated rings. The Hall–Kier alpha value is -6.78. The van der Waals surface area contributed by atoms with Gasteiger partial charge in [0.15, 0.2) is 5.82 Å². The molecule has 4 heteroatoms. The lowest BCUT2D eigenvalue weighted by molar-refractivity contribution is 0.669. The Bertz CT molecular complexity index is 2870. The molecule has 0 unspecified atom stereocenters. The zero-order chi connectivity index (χ0) is 33.0. The van der Waals surface area contributed by atoms with Gasteiger partial charge in [0.25, 0.3) is 0 Å². The molecule has 0 aliphatic rings. The molecule has 0 saturated heterocycles. The van der Waals surface area contributed by atoms with Crippen molar-refractivity contribution in [1.29, 1.82) is 0 Å². The van der Waals surface area contributed by atoms with Crippen molar-refractivity contribution in [1.82, 2.24) is 14.5 Å². The summed E-state index contributed by atoms with van der Waals surface area (Å²) in [7, 11) is 0. The molecule has 10 rings (SSSR count). The predicted molar refractivity (Wildman–Crippen MR) is 205 cm³/mol. The van der Waals surface area contributed by atoms with E-state index in [0.29, 0.717) is 5.82 Å². The first-order chi connectivity index (χ1) is 24.8. The van der Waals surface area contributed by atoms with Crippen LogP contribution in [0.3, 0.4) is 0 Å². The Balaban J connectivity index is 1.21. The molecule has 0 N–H and O–H groups in total. The van der Waals surface area contributed by atoms with Crippen LogP contribution in [-0.4, -0.2) is 14.5 Å². The van der Waals surface area contributed by atoms with Gasteiger partial charge in [0.1, 0.15) is 11.2 Å². The van der Waals surface area contributed by atoms with Gasteiger partial charge in [0.05, 0.1) is 28.0 Å². The Morgan fingerprint density at radius 3 is 1.86 bits per heavy atom. The van der Waals surface area contributed by atoms with Gasteiger partial charge in [-0.2, -0.15) is 0 Å². The van der Waals surface area contributed by atoms with Crippen LogP contribution in [0.2, 0.25) is 0 Å². The second-order valence-electron chi connectivity index (χ2n) is 12.6. The van der Waals surface area contributed by atoms with Gasteiger partial charge in [0, 0.05) is 38.4 Å². The molecule has 0 atom stereocenters. The van der Waals surface area contributed by atoms with E-state index >= 15 is 0 Å². The molecule has 0 saturated carbocycles. The van der Waals surface area contributed by atoms with E-state index in [2.05, 4.69) is 156 Å². The van der Waals surface area contributed by atoms with Gasteiger partial charge in [0.2, 0.25) is 0 Å². The van der Waals surface area contributed by atoms with E-state index in [1.165, 1.54) is 16.3 Å². The highest BCUT2D eigenvalue weighted by atomic mass is 16.3. The van der Waals surface area contributed by atoms with Crippen LogP contribution in [0.5, 0.6) is 0 Å². The summed E-state index contributed by atoms with van der Waals surface area (Å²) in [6, 6.07) is 61.4. The summed E-state index contributed by atoms with van der Waals surface area (Å²) < 4.78 is 8.81. The van der Waals surface area contributed by atoms with Crippen LogP contribution in [-0.2, 0) is 0 Å². The second kappa shape index (κ2) is 11.4. The smallest absolute Gasteiger partial charge is 0.164 e. The van der Waals surface area contributed by atoms with Crippen molar-refractivity contribution in [3.05, 3.63) is 176 Å². The minimum atomic E-state index is 0.624. The fourth-order valence-corrected chi connectivity index (χ4v) is 7.26. The van der Waals surface area contributed by atoms with Crippen molar-refractivity contribution in [2.75, 3.05) is 0 Å². The minimum absolute atomic E-state index is 0.624. The van der Waals surface area contributed by atoms with Gasteiger partial charge in [-0.25, -0.2) is 9.97 Å². The third kappa shape index (κ3) is 4.61. The van der Waals surface area contributed by atoms with Crippen LogP contribution in [0.25, 0.3) is 94.5 Å². The quantitative estimate of drug-likeness (QED) is 0.188. The third-order valence-corrected chi connectivity index (χ3v) is 9.62. The fraction of sp³-hybridized carbons (Fsp3) is 0. The molecule has 7 aromatic carbocycles. The number of hydrogen-bond acceptors (Lipinski definition) is 3. The molecule has 0 amide bonds. The molecule has 3 heterocycles. The maximum absolute atomic E-state index is 6.47. The molecule has 0 bridgehead atoms. The molecule has 3 aromatic heterocycles. The summed E-state index contributed by atoms with van der Waals surface area (Å²) in [5.41, 5.74) is 12.0. The molecule has 0 aliphatic carbocycles. The van der Waals surface area contributed by atoms with Crippen molar-refractivity contribution in [2.24, 2.45) is 0 Å². The summed E-state index contributed by atoms with van der Waals surface area (Å²) in [5, 5.41) is 4.51. The molecule has 0 spiro atoms. The average Bonchev–Trinajstić information content (AvgIpc) is 3.74. The SMILES string of the molecule is c1ccc(-c2cccc(-c3cc(-c4ccc5c(c4)c4ccccc4n5-c4ccccc4)nc(-c4cccc5c4oc4ccccc45)n3)c2)cc1. The van der Waals surface area contributed by atoms with Gasteiger partial charge in [-0.3, -0.25) is 0 Å². The highest BCUT2D eigenvalue weighted by Gasteiger charge is 2.18. The van der Waals surface area contributed by atoms with Gasteiger partial charge in [-0.1, -0.05) is 121 Å². The summed E-state index contributed by atoms with van der Waals surface area (Å²) in [5.74, 6) is 0.624. The molecular weight excluding hydrogens is 611 g/mol. The average molecular weight is 640 g/mol. The lowest BCUT2D eigenvalue weighted by Gasteiger charge is -2.11. The molecule has 234 valence electrons. The van der Waals surface area contributed by atoms with Crippen molar-refractivity contribution >= 4 is 43.7 Å². The molecule has 50 heavy (non-hydrogen) atoms. The van der Waals surface area contributed by atoms with Gasteiger partial charge in [-0.05, 0) is 65.7 Å². The van der Waals surface area contributed by atoms with E-state index < -0.39 is 0 Å². The van der Waals surface area contributed by atoms with Crippen LogP contribution >= 0.6 is 0 Å². The van der Waals surface area contributed by atoms with E-state index in [1.54, 1.807) is 0 Å². The molecule has 0 aliphatic heterocycles. The zero-order valence-corrected chi connectivity index (χ0v) is 27.0. The van der Waals surface area contributed by atoms with E-state index in [1.807, 2.05) is 24.3 Å². The van der Waals surface area contributed by atoms with Gasteiger partial charge < -0.3 is 8.98 Å². The minimum Gasteiger partial charge on any atom is -0.455 e.